The van der Waals surface area contributed by atoms with Gasteiger partial charge in [-0.15, -0.1) is 13.2 Å². The number of pyridine rings is 1. The van der Waals surface area contributed by atoms with Gasteiger partial charge < -0.3 is 9.47 Å². The Morgan fingerprint density at radius 3 is 2.61 bits per heavy atom. The van der Waals surface area contributed by atoms with E-state index < -0.39 is 18.1 Å². The maximum Gasteiger partial charge on any atom is 0.573 e. The summed E-state index contributed by atoms with van der Waals surface area (Å²) >= 11 is 1.56. The molecule has 0 saturated carbocycles. The van der Waals surface area contributed by atoms with E-state index in [1.54, 1.807) is 29.5 Å². The fourth-order valence-electron chi connectivity index (χ4n) is 1.22. The first-order valence-electron chi connectivity index (χ1n) is 4.84. The summed E-state index contributed by atoms with van der Waals surface area (Å²) in [5, 5.41) is 0. The van der Waals surface area contributed by atoms with Crippen LogP contribution in [0.4, 0.5) is 13.2 Å². The number of aromatic nitrogens is 1. The van der Waals surface area contributed by atoms with Crippen LogP contribution in [0.1, 0.15) is 22.8 Å². The van der Waals surface area contributed by atoms with Gasteiger partial charge in [-0.2, -0.15) is 0 Å². The van der Waals surface area contributed by atoms with Gasteiger partial charge in [0.25, 0.3) is 0 Å². The lowest BCUT2D eigenvalue weighted by Crippen LogP contribution is -2.21. The average molecular weight is 375 g/mol. The number of ether oxygens (including phenoxy) is 2. The van der Waals surface area contributed by atoms with E-state index in [0.717, 1.165) is 0 Å². The lowest BCUT2D eigenvalue weighted by molar-refractivity contribution is -0.275. The van der Waals surface area contributed by atoms with Crippen molar-refractivity contribution >= 4 is 28.6 Å². The molecule has 1 heterocycles. The SMILES string of the molecule is CCOC(=O)c1c(C)cnc(I)c1OC(F)(F)F. The van der Waals surface area contributed by atoms with E-state index in [-0.39, 0.29) is 21.4 Å². The highest BCUT2D eigenvalue weighted by Gasteiger charge is 2.35. The molecule has 1 aromatic heterocycles. The van der Waals surface area contributed by atoms with Crippen molar-refractivity contribution in [2.24, 2.45) is 0 Å². The molecule has 1 aromatic rings. The molecule has 0 aromatic carbocycles. The molecule has 0 radical (unpaired) electrons. The van der Waals surface area contributed by atoms with Crippen LogP contribution in [0.2, 0.25) is 0 Å². The van der Waals surface area contributed by atoms with Crippen molar-refractivity contribution in [3.8, 4) is 5.75 Å². The summed E-state index contributed by atoms with van der Waals surface area (Å²) in [4.78, 5) is 15.3. The molecule has 0 unspecified atom stereocenters. The number of nitrogens with zero attached hydrogens (tertiary/aromatic N) is 1. The molecule has 4 nitrogen and oxygen atoms in total. The highest BCUT2D eigenvalue weighted by molar-refractivity contribution is 14.1. The molecule has 0 N–H and O–H groups in total. The minimum Gasteiger partial charge on any atom is -0.462 e. The molecule has 8 heteroatoms. The summed E-state index contributed by atoms with van der Waals surface area (Å²) in [5.74, 6) is -1.49. The van der Waals surface area contributed by atoms with Gasteiger partial charge in [0.15, 0.2) is 5.75 Å². The second-order valence-electron chi connectivity index (χ2n) is 3.20. The van der Waals surface area contributed by atoms with Gasteiger partial charge in [0, 0.05) is 6.20 Å². The fourth-order valence-corrected chi connectivity index (χ4v) is 1.74. The Bertz CT molecular complexity index is 462. The third kappa shape index (κ3) is 3.72. The Balaban J connectivity index is 3.29. The van der Waals surface area contributed by atoms with Gasteiger partial charge in [0.2, 0.25) is 0 Å². The first kappa shape index (κ1) is 15.0. The molecule has 0 atom stereocenters. The highest BCUT2D eigenvalue weighted by Crippen LogP contribution is 2.32. The third-order valence-corrected chi connectivity index (χ3v) is 2.65. The van der Waals surface area contributed by atoms with Crippen molar-refractivity contribution in [3.05, 3.63) is 21.0 Å². The van der Waals surface area contributed by atoms with Crippen molar-refractivity contribution in [2.45, 2.75) is 20.2 Å². The molecule has 0 bridgehead atoms. The number of rotatable bonds is 3. The van der Waals surface area contributed by atoms with Gasteiger partial charge in [-0.1, -0.05) is 0 Å². The van der Waals surface area contributed by atoms with E-state index in [9.17, 15) is 18.0 Å². The highest BCUT2D eigenvalue weighted by atomic mass is 127. The van der Waals surface area contributed by atoms with E-state index in [1.165, 1.54) is 13.1 Å². The van der Waals surface area contributed by atoms with Crippen LogP contribution in [0.3, 0.4) is 0 Å². The molecule has 0 fully saturated rings. The van der Waals surface area contributed by atoms with E-state index in [1.807, 2.05) is 0 Å². The molecule has 0 aliphatic rings. The first-order valence-corrected chi connectivity index (χ1v) is 5.92. The molecule has 0 saturated heterocycles. The zero-order valence-corrected chi connectivity index (χ0v) is 11.6. The quantitative estimate of drug-likeness (QED) is 0.463. The Labute approximate surface area is 115 Å². The van der Waals surface area contributed by atoms with E-state index >= 15 is 0 Å². The van der Waals surface area contributed by atoms with Crippen LogP contribution in [0.5, 0.6) is 5.75 Å². The van der Waals surface area contributed by atoms with Crippen molar-refractivity contribution in [2.75, 3.05) is 6.61 Å². The second-order valence-corrected chi connectivity index (χ2v) is 4.23. The average Bonchev–Trinajstić information content (AvgIpc) is 2.22. The van der Waals surface area contributed by atoms with Crippen LogP contribution in [-0.4, -0.2) is 23.9 Å². The topological polar surface area (TPSA) is 48.4 Å². The number of esters is 1. The number of carbonyl (C=O) groups is 1. The molecule has 0 aliphatic carbocycles. The lowest BCUT2D eigenvalue weighted by atomic mass is 10.1. The maximum absolute atomic E-state index is 12.3. The maximum atomic E-state index is 12.3. The molecule has 0 spiro atoms. The van der Waals surface area contributed by atoms with E-state index in [4.69, 9.17) is 4.74 Å². The molecule has 1 rings (SSSR count). The monoisotopic (exact) mass is 375 g/mol. The van der Waals surface area contributed by atoms with Gasteiger partial charge in [-0.05, 0) is 42.0 Å². The summed E-state index contributed by atoms with van der Waals surface area (Å²) in [6, 6.07) is 0. The minimum atomic E-state index is -4.89. The zero-order chi connectivity index (χ0) is 13.9. The van der Waals surface area contributed by atoms with E-state index in [2.05, 4.69) is 9.72 Å². The summed E-state index contributed by atoms with van der Waals surface area (Å²) < 4.78 is 45.3. The molecular formula is C10H9F3INO3. The zero-order valence-electron chi connectivity index (χ0n) is 9.47. The summed E-state index contributed by atoms with van der Waals surface area (Å²) in [6.45, 7) is 3.07. The van der Waals surface area contributed by atoms with Gasteiger partial charge in [0.05, 0.1) is 6.61 Å². The normalized spacial score (nSPS) is 11.2. The van der Waals surface area contributed by atoms with Crippen LogP contribution in [0.15, 0.2) is 6.20 Å². The second kappa shape index (κ2) is 5.72. The lowest BCUT2D eigenvalue weighted by Gasteiger charge is -2.15. The van der Waals surface area contributed by atoms with Crippen LogP contribution >= 0.6 is 22.6 Å². The number of aryl methyl sites for hydroxylation is 1. The minimum absolute atomic E-state index is 0.0569. The van der Waals surface area contributed by atoms with Gasteiger partial charge >= 0.3 is 12.3 Å². The Morgan fingerprint density at radius 1 is 1.50 bits per heavy atom. The smallest absolute Gasteiger partial charge is 0.462 e. The van der Waals surface area contributed by atoms with Gasteiger partial charge in [0.1, 0.15) is 9.26 Å². The standard InChI is InChI=1S/C10H9F3INO3/c1-3-17-9(16)6-5(2)4-15-8(14)7(6)18-10(11,12)13/h4H,3H2,1-2H3. The number of alkyl halides is 3. The Kier molecular flexibility index (Phi) is 4.77. The van der Waals surface area contributed by atoms with Gasteiger partial charge in [-0.25, -0.2) is 9.78 Å². The number of carbonyl (C=O) groups excluding carboxylic acids is 1. The molecule has 100 valence electrons. The summed E-state index contributed by atoms with van der Waals surface area (Å²) in [7, 11) is 0. The van der Waals surface area contributed by atoms with Crippen LogP contribution < -0.4 is 4.74 Å². The van der Waals surface area contributed by atoms with Crippen molar-refractivity contribution in [1.82, 2.24) is 4.98 Å². The van der Waals surface area contributed by atoms with Crippen molar-refractivity contribution in [1.29, 1.82) is 0 Å². The third-order valence-electron chi connectivity index (χ3n) is 1.88. The molecule has 0 amide bonds. The first-order chi connectivity index (χ1) is 8.26. The van der Waals surface area contributed by atoms with Crippen molar-refractivity contribution in [3.63, 3.8) is 0 Å². The van der Waals surface area contributed by atoms with Crippen LogP contribution in [-0.2, 0) is 4.74 Å². The molecule has 0 aliphatic heterocycles. The van der Waals surface area contributed by atoms with Crippen LogP contribution in [0, 0.1) is 10.6 Å². The predicted octanol–water partition coefficient (Wildman–Crippen LogP) is 3.07. The number of halogens is 4. The van der Waals surface area contributed by atoms with Gasteiger partial charge in [-0.3, -0.25) is 0 Å². The Hall–Kier alpha value is -1.06. The molecule has 18 heavy (non-hydrogen) atoms. The van der Waals surface area contributed by atoms with Crippen molar-refractivity contribution < 1.29 is 27.4 Å². The number of hydrogen-bond donors (Lipinski definition) is 0. The molecular weight excluding hydrogens is 366 g/mol. The summed E-state index contributed by atoms with van der Waals surface area (Å²) in [6.07, 6.45) is -3.60. The largest absolute Gasteiger partial charge is 0.573 e. The fraction of sp³-hybridized carbons (Fsp3) is 0.400. The van der Waals surface area contributed by atoms with E-state index in [0.29, 0.717) is 0 Å². The Morgan fingerprint density at radius 2 is 2.11 bits per heavy atom. The summed E-state index contributed by atoms with van der Waals surface area (Å²) in [5.41, 5.74) is 0.00157. The van der Waals surface area contributed by atoms with Crippen LogP contribution in [0.25, 0.3) is 0 Å². The number of hydrogen-bond acceptors (Lipinski definition) is 4. The predicted molar refractivity (Wildman–Crippen MR) is 64.3 cm³/mol.